The van der Waals surface area contributed by atoms with E-state index < -0.39 is 0 Å². The van der Waals surface area contributed by atoms with Gasteiger partial charge in [-0.15, -0.1) is 11.8 Å². The average molecular weight is 192 g/mol. The molecule has 0 saturated carbocycles. The fraction of sp³-hybridized carbons (Fsp3) is 0.300. The maximum Gasteiger partial charge on any atom is 0.102 e. The third-order valence-corrected chi connectivity index (χ3v) is 2.51. The number of nitriles is 1. The Morgan fingerprint density at radius 2 is 2.31 bits per heavy atom. The van der Waals surface area contributed by atoms with Crippen molar-refractivity contribution in [2.24, 2.45) is 0 Å². The van der Waals surface area contributed by atoms with E-state index in [1.807, 2.05) is 31.4 Å². The molecule has 0 aliphatic carbocycles. The van der Waals surface area contributed by atoms with Gasteiger partial charge in [0.2, 0.25) is 0 Å². The summed E-state index contributed by atoms with van der Waals surface area (Å²) in [5.74, 6) is 0. The molecule has 0 bridgehead atoms. The van der Waals surface area contributed by atoms with E-state index in [9.17, 15) is 0 Å². The van der Waals surface area contributed by atoms with Crippen molar-refractivity contribution in [3.63, 3.8) is 0 Å². The van der Waals surface area contributed by atoms with Gasteiger partial charge < -0.3 is 5.32 Å². The zero-order valence-electron chi connectivity index (χ0n) is 7.79. The number of rotatable bonds is 3. The lowest BCUT2D eigenvalue weighted by atomic mass is 10.2. The minimum atomic E-state index is 0.747. The largest absolute Gasteiger partial charge is 0.384 e. The van der Waals surface area contributed by atoms with E-state index in [1.165, 1.54) is 0 Å². The van der Waals surface area contributed by atoms with E-state index in [-0.39, 0.29) is 0 Å². The van der Waals surface area contributed by atoms with Gasteiger partial charge in [-0.05, 0) is 25.3 Å². The first-order valence-corrected chi connectivity index (χ1v) is 5.37. The van der Waals surface area contributed by atoms with Gasteiger partial charge in [0.05, 0.1) is 11.3 Å². The van der Waals surface area contributed by atoms with Crippen LogP contribution in [0.5, 0.6) is 0 Å². The van der Waals surface area contributed by atoms with Crippen LogP contribution in [0.25, 0.3) is 0 Å². The highest BCUT2D eigenvalue weighted by Gasteiger charge is 2.05. The van der Waals surface area contributed by atoms with Crippen molar-refractivity contribution < 1.29 is 0 Å². The lowest BCUT2D eigenvalue weighted by molar-refractivity contribution is 1.19. The van der Waals surface area contributed by atoms with Crippen LogP contribution < -0.4 is 5.32 Å². The number of thioether (sulfide) groups is 1. The molecule has 1 aromatic carbocycles. The fourth-order valence-corrected chi connectivity index (χ4v) is 1.73. The highest BCUT2D eigenvalue weighted by molar-refractivity contribution is 7.98. The van der Waals surface area contributed by atoms with Crippen molar-refractivity contribution in [1.29, 1.82) is 5.26 Å². The summed E-state index contributed by atoms with van der Waals surface area (Å²) in [6, 6.07) is 8.07. The zero-order valence-corrected chi connectivity index (χ0v) is 8.61. The number of nitrogens with one attached hydrogen (secondary N) is 1. The first-order valence-electron chi connectivity index (χ1n) is 4.14. The maximum absolute atomic E-state index is 8.95. The molecule has 1 N–H and O–H groups in total. The van der Waals surface area contributed by atoms with Gasteiger partial charge in [0.25, 0.3) is 0 Å². The molecular weight excluding hydrogens is 180 g/mol. The highest BCUT2D eigenvalue weighted by Crippen LogP contribution is 2.25. The van der Waals surface area contributed by atoms with Crippen LogP contribution in [-0.4, -0.2) is 12.8 Å². The quantitative estimate of drug-likeness (QED) is 0.748. The molecular formula is C10H12N2S. The van der Waals surface area contributed by atoms with Gasteiger partial charge in [-0.1, -0.05) is 6.07 Å². The van der Waals surface area contributed by atoms with Gasteiger partial charge in [0.15, 0.2) is 0 Å². The van der Waals surface area contributed by atoms with Crippen LogP contribution in [0.2, 0.25) is 0 Å². The molecule has 0 heterocycles. The van der Waals surface area contributed by atoms with Crippen molar-refractivity contribution >= 4 is 17.4 Å². The van der Waals surface area contributed by atoms with E-state index in [4.69, 9.17) is 5.26 Å². The molecule has 13 heavy (non-hydrogen) atoms. The summed E-state index contributed by atoms with van der Waals surface area (Å²) >= 11 is 1.60. The van der Waals surface area contributed by atoms with Crippen molar-refractivity contribution in [2.75, 3.05) is 18.1 Å². The smallest absolute Gasteiger partial charge is 0.102 e. The molecule has 0 aromatic heterocycles. The molecule has 1 aromatic rings. The minimum absolute atomic E-state index is 0.747. The topological polar surface area (TPSA) is 35.8 Å². The standard InChI is InChI=1S/C10H12N2S/c1-3-12-9-5-4-6-10(13-2)8(9)7-11/h4-6,12H,3H2,1-2H3. The predicted octanol–water partition coefficient (Wildman–Crippen LogP) is 2.71. The zero-order chi connectivity index (χ0) is 9.68. The number of anilines is 1. The molecule has 0 aliphatic heterocycles. The summed E-state index contributed by atoms with van der Waals surface area (Å²) in [6.07, 6.45) is 1.98. The molecule has 2 nitrogen and oxygen atoms in total. The van der Waals surface area contributed by atoms with Crippen molar-refractivity contribution in [1.82, 2.24) is 0 Å². The van der Waals surface area contributed by atoms with Crippen LogP contribution in [0.4, 0.5) is 5.69 Å². The van der Waals surface area contributed by atoms with Gasteiger partial charge in [-0.25, -0.2) is 0 Å². The van der Waals surface area contributed by atoms with Crippen molar-refractivity contribution in [3.8, 4) is 6.07 Å². The second-order valence-corrected chi connectivity index (χ2v) is 3.37. The summed E-state index contributed by atoms with van der Waals surface area (Å²) in [5.41, 5.74) is 1.67. The van der Waals surface area contributed by atoms with Crippen LogP contribution in [0.3, 0.4) is 0 Å². The van der Waals surface area contributed by atoms with Gasteiger partial charge in [-0.3, -0.25) is 0 Å². The fourth-order valence-electron chi connectivity index (χ4n) is 1.15. The molecule has 68 valence electrons. The third kappa shape index (κ3) is 2.16. The molecule has 3 heteroatoms. The molecule has 1 rings (SSSR count). The molecule has 0 unspecified atom stereocenters. The third-order valence-electron chi connectivity index (χ3n) is 1.73. The van der Waals surface area contributed by atoms with Crippen molar-refractivity contribution in [3.05, 3.63) is 23.8 Å². The molecule has 0 amide bonds. The highest BCUT2D eigenvalue weighted by atomic mass is 32.2. The van der Waals surface area contributed by atoms with E-state index in [0.29, 0.717) is 0 Å². The van der Waals surface area contributed by atoms with Crippen LogP contribution >= 0.6 is 11.8 Å². The summed E-state index contributed by atoms with van der Waals surface area (Å²) in [7, 11) is 0. The molecule has 0 fully saturated rings. The second-order valence-electron chi connectivity index (χ2n) is 2.52. The molecule has 0 aliphatic rings. The molecule has 0 spiro atoms. The Labute approximate surface area is 83.0 Å². The van der Waals surface area contributed by atoms with Crippen LogP contribution in [0, 0.1) is 11.3 Å². The Bertz CT molecular complexity index is 328. The Morgan fingerprint density at radius 1 is 1.54 bits per heavy atom. The van der Waals surface area contributed by atoms with Gasteiger partial charge >= 0.3 is 0 Å². The van der Waals surface area contributed by atoms with Gasteiger partial charge in [-0.2, -0.15) is 5.26 Å². The minimum Gasteiger partial charge on any atom is -0.384 e. The van der Waals surface area contributed by atoms with Gasteiger partial charge in [0, 0.05) is 11.4 Å². The molecule has 0 atom stereocenters. The SMILES string of the molecule is CCNc1cccc(SC)c1C#N. The lowest BCUT2D eigenvalue weighted by Gasteiger charge is -2.07. The summed E-state index contributed by atoms with van der Waals surface area (Å²) in [6.45, 7) is 2.86. The summed E-state index contributed by atoms with van der Waals surface area (Å²) < 4.78 is 0. The second kappa shape index (κ2) is 4.78. The average Bonchev–Trinajstić information content (AvgIpc) is 2.18. The first-order chi connectivity index (χ1) is 6.33. The van der Waals surface area contributed by atoms with Gasteiger partial charge in [0.1, 0.15) is 6.07 Å². The van der Waals surface area contributed by atoms with Crippen LogP contribution in [0.15, 0.2) is 23.1 Å². The monoisotopic (exact) mass is 192 g/mol. The molecule has 0 radical (unpaired) electrons. The van der Waals surface area contributed by atoms with E-state index in [1.54, 1.807) is 11.8 Å². The van der Waals surface area contributed by atoms with Crippen LogP contribution in [-0.2, 0) is 0 Å². The Hall–Kier alpha value is -1.14. The Balaban J connectivity index is 3.13. The number of nitrogens with zero attached hydrogens (tertiary/aromatic N) is 1. The van der Waals surface area contributed by atoms with Crippen molar-refractivity contribution in [2.45, 2.75) is 11.8 Å². The van der Waals surface area contributed by atoms with E-state index >= 15 is 0 Å². The van der Waals surface area contributed by atoms with Crippen LogP contribution in [0.1, 0.15) is 12.5 Å². The number of hydrogen-bond acceptors (Lipinski definition) is 3. The normalized spacial score (nSPS) is 9.31. The Kier molecular flexibility index (Phi) is 3.66. The number of benzene rings is 1. The Morgan fingerprint density at radius 3 is 2.85 bits per heavy atom. The lowest BCUT2D eigenvalue weighted by Crippen LogP contribution is -1.99. The van der Waals surface area contributed by atoms with E-state index in [0.717, 1.165) is 22.7 Å². The van der Waals surface area contributed by atoms with E-state index in [2.05, 4.69) is 11.4 Å². The number of hydrogen-bond donors (Lipinski definition) is 1. The predicted molar refractivity (Wildman–Crippen MR) is 57.1 cm³/mol. The first kappa shape index (κ1) is 9.94. The summed E-state index contributed by atoms with van der Waals surface area (Å²) in [4.78, 5) is 1.03. The summed E-state index contributed by atoms with van der Waals surface area (Å²) in [5, 5.41) is 12.1. The molecule has 0 saturated heterocycles. The maximum atomic E-state index is 8.95.